The first-order valence-electron chi connectivity index (χ1n) is 5.15. The van der Waals surface area contributed by atoms with Gasteiger partial charge in [0.15, 0.2) is 0 Å². The first kappa shape index (κ1) is 12.5. The molecule has 0 saturated carbocycles. The Morgan fingerprint density at radius 3 is 2.38 bits per heavy atom. The molecule has 0 bridgehead atoms. The SMILES string of the molecule is CC(C)CCCC(C)CCO[C]=O. The minimum Gasteiger partial charge on any atom is -0.457 e. The highest BCUT2D eigenvalue weighted by Gasteiger charge is 2.02. The van der Waals surface area contributed by atoms with Crippen LogP contribution in [0.1, 0.15) is 46.5 Å². The number of hydrogen-bond acceptors (Lipinski definition) is 2. The van der Waals surface area contributed by atoms with E-state index in [1.54, 1.807) is 0 Å². The zero-order chi connectivity index (χ0) is 10.1. The Bertz CT molecular complexity index is 121. The Hall–Kier alpha value is -0.530. The molecular weight excluding hydrogens is 164 g/mol. The molecule has 0 aliphatic carbocycles. The van der Waals surface area contributed by atoms with Crippen LogP contribution in [0.4, 0.5) is 0 Å². The van der Waals surface area contributed by atoms with Gasteiger partial charge in [-0.3, -0.25) is 0 Å². The van der Waals surface area contributed by atoms with Gasteiger partial charge in [0, 0.05) is 0 Å². The highest BCUT2D eigenvalue weighted by Crippen LogP contribution is 2.14. The molecule has 0 aromatic heterocycles. The summed E-state index contributed by atoms with van der Waals surface area (Å²) in [6, 6.07) is 0. The van der Waals surface area contributed by atoms with E-state index >= 15 is 0 Å². The summed E-state index contributed by atoms with van der Waals surface area (Å²) in [6.07, 6.45) is 4.78. The smallest absolute Gasteiger partial charge is 0.417 e. The minimum atomic E-state index is 0.520. The van der Waals surface area contributed by atoms with Crippen LogP contribution in [0.3, 0.4) is 0 Å². The Morgan fingerprint density at radius 1 is 1.15 bits per heavy atom. The number of hydrogen-bond donors (Lipinski definition) is 0. The van der Waals surface area contributed by atoms with Gasteiger partial charge in [-0.05, 0) is 18.3 Å². The summed E-state index contributed by atoms with van der Waals surface area (Å²) in [5.74, 6) is 1.46. The Kier molecular flexibility index (Phi) is 7.76. The summed E-state index contributed by atoms with van der Waals surface area (Å²) in [5.41, 5.74) is 0. The summed E-state index contributed by atoms with van der Waals surface area (Å²) >= 11 is 0. The van der Waals surface area contributed by atoms with E-state index in [0.717, 1.165) is 12.3 Å². The Morgan fingerprint density at radius 2 is 1.85 bits per heavy atom. The number of ether oxygens (including phenoxy) is 1. The number of rotatable bonds is 8. The normalized spacial score (nSPS) is 12.9. The van der Waals surface area contributed by atoms with Crippen molar-refractivity contribution < 1.29 is 9.53 Å². The molecular formula is C11H21O2. The van der Waals surface area contributed by atoms with Crippen molar-refractivity contribution in [2.24, 2.45) is 11.8 Å². The summed E-state index contributed by atoms with van der Waals surface area (Å²) in [6.45, 7) is 8.66. The molecule has 0 N–H and O–H groups in total. The van der Waals surface area contributed by atoms with Crippen molar-refractivity contribution >= 4 is 6.47 Å². The molecule has 0 aliphatic heterocycles. The number of carbonyl (C=O) groups excluding carboxylic acids is 1. The lowest BCUT2D eigenvalue weighted by Gasteiger charge is -2.10. The summed E-state index contributed by atoms with van der Waals surface area (Å²) < 4.78 is 4.53. The average Bonchev–Trinajstić information content (AvgIpc) is 2.04. The van der Waals surface area contributed by atoms with Gasteiger partial charge in [-0.15, -0.1) is 0 Å². The summed E-state index contributed by atoms with van der Waals surface area (Å²) in [5, 5.41) is 0. The topological polar surface area (TPSA) is 26.3 Å². The van der Waals surface area contributed by atoms with Gasteiger partial charge in [-0.1, -0.05) is 40.0 Å². The largest absolute Gasteiger partial charge is 0.457 e. The van der Waals surface area contributed by atoms with Crippen LogP contribution in [0.15, 0.2) is 0 Å². The first-order chi connectivity index (χ1) is 6.16. The van der Waals surface area contributed by atoms with E-state index in [4.69, 9.17) is 0 Å². The quantitative estimate of drug-likeness (QED) is 0.543. The fourth-order valence-electron chi connectivity index (χ4n) is 1.32. The standard InChI is InChI=1S/C11H21O2/c1-10(2)5-4-6-11(3)7-8-13-9-12/h10-11H,4-8H2,1-3H3. The van der Waals surface area contributed by atoms with Crippen LogP contribution < -0.4 is 0 Å². The van der Waals surface area contributed by atoms with Crippen LogP contribution in [0, 0.1) is 11.8 Å². The maximum Gasteiger partial charge on any atom is 0.417 e. The van der Waals surface area contributed by atoms with Crippen molar-refractivity contribution in [1.82, 2.24) is 0 Å². The molecule has 1 radical (unpaired) electrons. The lowest BCUT2D eigenvalue weighted by Crippen LogP contribution is -2.01. The molecule has 0 saturated heterocycles. The Labute approximate surface area is 81.7 Å². The van der Waals surface area contributed by atoms with Gasteiger partial charge < -0.3 is 4.74 Å². The van der Waals surface area contributed by atoms with E-state index in [2.05, 4.69) is 25.5 Å². The maximum atomic E-state index is 9.74. The molecule has 0 aromatic rings. The molecule has 1 atom stereocenters. The van der Waals surface area contributed by atoms with Crippen LogP contribution in [-0.2, 0) is 9.53 Å². The van der Waals surface area contributed by atoms with Crippen LogP contribution in [0.5, 0.6) is 0 Å². The summed E-state index contributed by atoms with van der Waals surface area (Å²) in [4.78, 5) is 9.74. The van der Waals surface area contributed by atoms with Crippen molar-refractivity contribution in [2.75, 3.05) is 6.61 Å². The zero-order valence-corrected chi connectivity index (χ0v) is 9.01. The second-order valence-electron chi connectivity index (χ2n) is 4.15. The molecule has 13 heavy (non-hydrogen) atoms. The van der Waals surface area contributed by atoms with Crippen LogP contribution in [0.2, 0.25) is 0 Å². The lowest BCUT2D eigenvalue weighted by molar-refractivity contribution is 0.247. The summed E-state index contributed by atoms with van der Waals surface area (Å²) in [7, 11) is 0. The van der Waals surface area contributed by atoms with Gasteiger partial charge in [0.25, 0.3) is 0 Å². The van der Waals surface area contributed by atoms with Crippen molar-refractivity contribution in [3.63, 3.8) is 0 Å². The highest BCUT2D eigenvalue weighted by molar-refractivity contribution is 5.37. The van der Waals surface area contributed by atoms with Gasteiger partial charge in [0.05, 0.1) is 6.61 Å². The van der Waals surface area contributed by atoms with Gasteiger partial charge in [0.1, 0.15) is 0 Å². The third-order valence-corrected chi connectivity index (χ3v) is 2.25. The van der Waals surface area contributed by atoms with Crippen LogP contribution >= 0.6 is 0 Å². The lowest BCUT2D eigenvalue weighted by atomic mass is 9.98. The highest BCUT2D eigenvalue weighted by atomic mass is 16.5. The maximum absolute atomic E-state index is 9.74. The van der Waals surface area contributed by atoms with E-state index < -0.39 is 0 Å². The second kappa shape index (κ2) is 8.09. The van der Waals surface area contributed by atoms with Crippen LogP contribution in [-0.4, -0.2) is 13.1 Å². The van der Waals surface area contributed by atoms with Crippen molar-refractivity contribution in [1.29, 1.82) is 0 Å². The third-order valence-electron chi connectivity index (χ3n) is 2.25. The molecule has 0 rings (SSSR count). The van der Waals surface area contributed by atoms with E-state index in [-0.39, 0.29) is 0 Å². The van der Waals surface area contributed by atoms with Gasteiger partial charge in [-0.2, -0.15) is 0 Å². The minimum absolute atomic E-state index is 0.520. The second-order valence-corrected chi connectivity index (χ2v) is 4.15. The van der Waals surface area contributed by atoms with E-state index in [0.29, 0.717) is 12.5 Å². The molecule has 0 aromatic carbocycles. The molecule has 0 heterocycles. The monoisotopic (exact) mass is 185 g/mol. The van der Waals surface area contributed by atoms with Gasteiger partial charge in [0.2, 0.25) is 0 Å². The van der Waals surface area contributed by atoms with E-state index in [1.807, 2.05) is 0 Å². The first-order valence-corrected chi connectivity index (χ1v) is 5.15. The molecule has 77 valence electrons. The van der Waals surface area contributed by atoms with E-state index in [1.165, 1.54) is 25.7 Å². The van der Waals surface area contributed by atoms with Gasteiger partial charge >= 0.3 is 6.47 Å². The zero-order valence-electron chi connectivity index (χ0n) is 9.01. The van der Waals surface area contributed by atoms with E-state index in [9.17, 15) is 4.79 Å². The molecule has 2 nitrogen and oxygen atoms in total. The van der Waals surface area contributed by atoms with Crippen LogP contribution in [0.25, 0.3) is 0 Å². The predicted molar refractivity (Wildman–Crippen MR) is 54.1 cm³/mol. The van der Waals surface area contributed by atoms with Crippen molar-refractivity contribution in [3.05, 3.63) is 0 Å². The molecule has 2 heteroatoms. The van der Waals surface area contributed by atoms with Gasteiger partial charge in [-0.25, -0.2) is 4.79 Å². The molecule has 0 aliphatic rings. The molecule has 0 fully saturated rings. The molecule has 0 spiro atoms. The fraction of sp³-hybridized carbons (Fsp3) is 0.909. The molecule has 0 amide bonds. The Balaban J connectivity index is 3.19. The van der Waals surface area contributed by atoms with Crippen molar-refractivity contribution in [3.8, 4) is 0 Å². The average molecular weight is 185 g/mol. The molecule has 1 unspecified atom stereocenters. The fourth-order valence-corrected chi connectivity index (χ4v) is 1.32. The predicted octanol–water partition coefficient (Wildman–Crippen LogP) is 2.92. The van der Waals surface area contributed by atoms with Crippen molar-refractivity contribution in [2.45, 2.75) is 46.5 Å². The third kappa shape index (κ3) is 9.38.